The maximum absolute atomic E-state index is 11.0. The summed E-state index contributed by atoms with van der Waals surface area (Å²) in [6.45, 7) is 0. The zero-order chi connectivity index (χ0) is 18.3. The fourth-order valence-corrected chi connectivity index (χ4v) is 3.07. The van der Waals surface area contributed by atoms with Crippen molar-refractivity contribution in [1.29, 1.82) is 0 Å². The van der Waals surface area contributed by atoms with Gasteiger partial charge in [-0.15, -0.1) is 0 Å². The van der Waals surface area contributed by atoms with Crippen molar-refractivity contribution in [2.45, 2.75) is 25.3 Å². The van der Waals surface area contributed by atoms with Crippen molar-refractivity contribution in [3.05, 3.63) is 60.2 Å². The molecule has 0 amide bonds. The number of rotatable bonds is 9. The van der Waals surface area contributed by atoms with Crippen LogP contribution in [0.25, 0.3) is 11.1 Å². The van der Waals surface area contributed by atoms with Crippen LogP contribution in [0, 0.1) is 0 Å². The molecule has 0 heterocycles. The van der Waals surface area contributed by atoms with Crippen LogP contribution in [-0.4, -0.2) is 33.2 Å². The second kappa shape index (κ2) is 8.92. The molecule has 0 fully saturated rings. The molecule has 2 rings (SSSR count). The maximum Gasteiger partial charge on any atom is 0.339 e. The quantitative estimate of drug-likeness (QED) is 0.511. The van der Waals surface area contributed by atoms with Crippen molar-refractivity contribution in [2.24, 2.45) is 0 Å². The van der Waals surface area contributed by atoms with E-state index in [0.29, 0.717) is 12.8 Å². The fraction of sp³-hybridized carbons (Fsp3) is 0.278. The highest BCUT2D eigenvalue weighted by Crippen LogP contribution is 2.32. The molecule has 7 heteroatoms. The summed E-state index contributed by atoms with van der Waals surface area (Å²) in [7, 11) is -4.18. The molecule has 25 heavy (non-hydrogen) atoms. The van der Waals surface area contributed by atoms with Crippen LogP contribution in [0.2, 0.25) is 0 Å². The Bertz CT molecular complexity index is 727. The van der Waals surface area contributed by atoms with Gasteiger partial charge in [-0.2, -0.15) is 0 Å². The zero-order valence-corrected chi connectivity index (χ0v) is 14.6. The summed E-state index contributed by atoms with van der Waals surface area (Å²) in [6, 6.07) is 17.5. The Morgan fingerprint density at radius 3 is 2.16 bits per heavy atom. The first-order valence-electron chi connectivity index (χ1n) is 7.97. The first-order valence-corrected chi connectivity index (χ1v) is 9.77. The van der Waals surface area contributed by atoms with Crippen LogP contribution >= 0.6 is 7.60 Å². The van der Waals surface area contributed by atoms with Crippen LogP contribution in [-0.2, 0) is 15.8 Å². The molecule has 6 nitrogen and oxygen atoms in total. The van der Waals surface area contributed by atoms with E-state index in [4.69, 9.17) is 14.9 Å². The van der Waals surface area contributed by atoms with Crippen LogP contribution in [0.3, 0.4) is 0 Å². The third kappa shape index (κ3) is 7.20. The Hall–Kier alpha value is -1.98. The zero-order valence-electron chi connectivity index (χ0n) is 13.7. The van der Waals surface area contributed by atoms with Crippen LogP contribution in [0.5, 0.6) is 0 Å². The number of benzene rings is 2. The summed E-state index contributed by atoms with van der Waals surface area (Å²) in [6.07, 6.45) is 0.290. The van der Waals surface area contributed by atoms with E-state index in [0.717, 1.165) is 16.7 Å². The lowest BCUT2D eigenvalue weighted by molar-refractivity contribution is -0.137. The SMILES string of the molecule is O=C(O)CC[C@@H](Cc1ccc(-c2ccccc2)cc1)NCP(=O)(O)O. The Morgan fingerprint density at radius 2 is 1.60 bits per heavy atom. The Balaban J connectivity index is 2.03. The molecule has 0 saturated carbocycles. The highest BCUT2D eigenvalue weighted by atomic mass is 31.2. The van der Waals surface area contributed by atoms with Gasteiger partial charge in [-0.05, 0) is 29.5 Å². The van der Waals surface area contributed by atoms with Crippen LogP contribution < -0.4 is 5.32 Å². The van der Waals surface area contributed by atoms with Crippen molar-refractivity contribution in [3.63, 3.8) is 0 Å². The number of carboxylic acids is 1. The average molecular weight is 363 g/mol. The van der Waals surface area contributed by atoms with Crippen molar-refractivity contribution in [3.8, 4) is 11.1 Å². The molecule has 0 aliphatic heterocycles. The van der Waals surface area contributed by atoms with E-state index in [2.05, 4.69) is 5.32 Å². The monoisotopic (exact) mass is 363 g/mol. The summed E-state index contributed by atoms with van der Waals surface area (Å²) >= 11 is 0. The topological polar surface area (TPSA) is 107 Å². The van der Waals surface area contributed by atoms with Crippen molar-refractivity contribution < 1.29 is 24.3 Å². The van der Waals surface area contributed by atoms with Gasteiger partial charge in [0.1, 0.15) is 0 Å². The molecule has 2 aromatic carbocycles. The number of carboxylic acid groups (broad SMARTS) is 1. The standard InChI is InChI=1S/C18H22NO5P/c20-18(21)11-10-17(19-13-25(22,23)24)12-14-6-8-16(9-7-14)15-4-2-1-3-5-15/h1-9,17,19H,10-13H2,(H,20,21)(H2,22,23,24)/t17-/m0/s1. The van der Waals surface area contributed by atoms with E-state index < -0.39 is 19.9 Å². The van der Waals surface area contributed by atoms with Gasteiger partial charge in [0, 0.05) is 12.5 Å². The third-order valence-electron chi connectivity index (χ3n) is 3.84. The second-order valence-electron chi connectivity index (χ2n) is 5.92. The predicted octanol–water partition coefficient (Wildman–Crippen LogP) is 2.85. The molecule has 2 aromatic rings. The van der Waals surface area contributed by atoms with Gasteiger partial charge in [-0.1, -0.05) is 54.6 Å². The van der Waals surface area contributed by atoms with E-state index in [1.165, 1.54) is 0 Å². The minimum absolute atomic E-state index is 0.0546. The van der Waals surface area contributed by atoms with Gasteiger partial charge in [-0.25, -0.2) is 0 Å². The van der Waals surface area contributed by atoms with E-state index in [-0.39, 0.29) is 12.5 Å². The van der Waals surface area contributed by atoms with E-state index >= 15 is 0 Å². The summed E-state index contributed by atoms with van der Waals surface area (Å²) in [5.74, 6) is -0.928. The summed E-state index contributed by atoms with van der Waals surface area (Å²) in [5, 5.41) is 11.6. The summed E-state index contributed by atoms with van der Waals surface area (Å²) in [5.41, 5.74) is 3.17. The lowest BCUT2D eigenvalue weighted by Crippen LogP contribution is -2.32. The van der Waals surface area contributed by atoms with Gasteiger partial charge in [0.2, 0.25) is 0 Å². The summed E-state index contributed by atoms with van der Waals surface area (Å²) in [4.78, 5) is 28.8. The minimum atomic E-state index is -4.18. The first-order chi connectivity index (χ1) is 11.8. The van der Waals surface area contributed by atoms with Gasteiger partial charge in [-0.3, -0.25) is 9.36 Å². The number of aliphatic carboxylic acids is 1. The van der Waals surface area contributed by atoms with Crippen LogP contribution in [0.1, 0.15) is 18.4 Å². The molecule has 0 saturated heterocycles. The van der Waals surface area contributed by atoms with Gasteiger partial charge in [0.25, 0.3) is 0 Å². The molecule has 0 aliphatic rings. The minimum Gasteiger partial charge on any atom is -0.481 e. The molecule has 134 valence electrons. The molecule has 0 spiro atoms. The van der Waals surface area contributed by atoms with Crippen LogP contribution in [0.15, 0.2) is 54.6 Å². The Labute approximate surface area is 146 Å². The van der Waals surface area contributed by atoms with Crippen molar-refractivity contribution in [1.82, 2.24) is 5.32 Å². The summed E-state index contributed by atoms with van der Waals surface area (Å²) < 4.78 is 11.0. The lowest BCUT2D eigenvalue weighted by Gasteiger charge is -2.19. The van der Waals surface area contributed by atoms with Gasteiger partial charge >= 0.3 is 13.6 Å². The molecule has 4 N–H and O–H groups in total. The van der Waals surface area contributed by atoms with Gasteiger partial charge in [0.15, 0.2) is 0 Å². The highest BCUT2D eigenvalue weighted by Gasteiger charge is 2.18. The molecule has 0 bridgehead atoms. The van der Waals surface area contributed by atoms with E-state index in [1.54, 1.807) is 0 Å². The second-order valence-corrected chi connectivity index (χ2v) is 7.57. The smallest absolute Gasteiger partial charge is 0.339 e. The molecule has 0 aromatic heterocycles. The number of carbonyl (C=O) groups is 1. The molecule has 0 radical (unpaired) electrons. The maximum atomic E-state index is 11.0. The lowest BCUT2D eigenvalue weighted by atomic mass is 9.99. The largest absolute Gasteiger partial charge is 0.481 e. The van der Waals surface area contributed by atoms with E-state index in [1.807, 2.05) is 54.6 Å². The Kier molecular flexibility index (Phi) is 6.91. The predicted molar refractivity (Wildman–Crippen MR) is 96.3 cm³/mol. The molecule has 0 aliphatic carbocycles. The number of hydrogen-bond acceptors (Lipinski definition) is 3. The molecule has 0 unspecified atom stereocenters. The normalized spacial score (nSPS) is 12.7. The molecular formula is C18H22NO5P. The van der Waals surface area contributed by atoms with Gasteiger partial charge < -0.3 is 20.2 Å². The Morgan fingerprint density at radius 1 is 1.00 bits per heavy atom. The number of nitrogens with one attached hydrogen (secondary N) is 1. The highest BCUT2D eigenvalue weighted by molar-refractivity contribution is 7.51. The van der Waals surface area contributed by atoms with Crippen molar-refractivity contribution >= 4 is 13.6 Å². The van der Waals surface area contributed by atoms with Crippen molar-refractivity contribution in [2.75, 3.05) is 6.29 Å². The molecule has 1 atom stereocenters. The van der Waals surface area contributed by atoms with Crippen LogP contribution in [0.4, 0.5) is 0 Å². The third-order valence-corrected chi connectivity index (χ3v) is 4.43. The average Bonchev–Trinajstić information content (AvgIpc) is 2.58. The first kappa shape index (κ1) is 19.3. The van der Waals surface area contributed by atoms with Gasteiger partial charge in [0.05, 0.1) is 6.29 Å². The molecular weight excluding hydrogens is 341 g/mol. The number of hydrogen-bond donors (Lipinski definition) is 4. The fourth-order valence-electron chi connectivity index (χ4n) is 2.57. The van der Waals surface area contributed by atoms with E-state index in [9.17, 15) is 9.36 Å².